The summed E-state index contributed by atoms with van der Waals surface area (Å²) in [6, 6.07) is 9.45. The summed E-state index contributed by atoms with van der Waals surface area (Å²) >= 11 is 6.22. The van der Waals surface area contributed by atoms with E-state index >= 15 is 0 Å². The second kappa shape index (κ2) is 6.92. The molecule has 2 heterocycles. The number of amides is 2. The molecular weight excluding hydrogens is 428 g/mol. The predicted octanol–water partition coefficient (Wildman–Crippen LogP) is 3.85. The Labute approximate surface area is 178 Å². The molecule has 0 radical (unpaired) electrons. The van der Waals surface area contributed by atoms with Gasteiger partial charge in [0.1, 0.15) is 10.4 Å². The third-order valence-electron chi connectivity index (χ3n) is 4.88. The predicted molar refractivity (Wildman–Crippen MR) is 112 cm³/mol. The fourth-order valence-electron chi connectivity index (χ4n) is 3.31. The lowest BCUT2D eigenvalue weighted by Crippen LogP contribution is -2.34. The summed E-state index contributed by atoms with van der Waals surface area (Å²) < 4.78 is 32.1. The van der Waals surface area contributed by atoms with Crippen molar-refractivity contribution in [1.29, 1.82) is 0 Å². The molecule has 7 nitrogen and oxygen atoms in total. The number of aromatic nitrogens is 1. The van der Waals surface area contributed by atoms with Crippen LogP contribution in [0.15, 0.2) is 45.7 Å². The first-order valence-corrected chi connectivity index (χ1v) is 11.3. The van der Waals surface area contributed by atoms with Crippen LogP contribution in [-0.2, 0) is 15.3 Å². The molecule has 0 unspecified atom stereocenters. The molecule has 0 saturated heterocycles. The van der Waals surface area contributed by atoms with Crippen molar-refractivity contribution < 1.29 is 22.4 Å². The monoisotopic (exact) mass is 446 g/mol. The molecule has 0 saturated carbocycles. The molecule has 156 valence electrons. The Kier molecular flexibility index (Phi) is 4.74. The zero-order valence-electron chi connectivity index (χ0n) is 16.6. The smallest absolute Gasteiger partial charge is 0.261 e. The van der Waals surface area contributed by atoms with Gasteiger partial charge in [0, 0.05) is 12.0 Å². The molecule has 1 aromatic heterocycles. The van der Waals surface area contributed by atoms with E-state index in [-0.39, 0.29) is 33.2 Å². The topological polar surface area (TPSA) is 97.5 Å². The molecule has 0 fully saturated rings. The molecule has 30 heavy (non-hydrogen) atoms. The van der Waals surface area contributed by atoms with Crippen molar-refractivity contribution in [3.8, 4) is 0 Å². The summed E-state index contributed by atoms with van der Waals surface area (Å²) in [5.41, 5.74) is 0.570. The lowest BCUT2D eigenvalue weighted by atomic mass is 9.97. The van der Waals surface area contributed by atoms with E-state index in [1.807, 2.05) is 20.8 Å². The normalized spacial score (nSPS) is 14.6. The number of carbonyl (C=O) groups is 2. The van der Waals surface area contributed by atoms with Crippen molar-refractivity contribution in [2.45, 2.75) is 31.1 Å². The number of hydrogen-bond acceptors (Lipinski definition) is 6. The van der Waals surface area contributed by atoms with Crippen molar-refractivity contribution >= 4 is 44.4 Å². The van der Waals surface area contributed by atoms with Crippen LogP contribution in [0.2, 0.25) is 5.02 Å². The number of imide groups is 1. The van der Waals surface area contributed by atoms with Crippen molar-refractivity contribution in [3.05, 3.63) is 58.4 Å². The number of rotatable bonds is 4. The Morgan fingerprint density at radius 3 is 2.20 bits per heavy atom. The SMILES string of the molecule is CC(C)(C)c1nc2ccc(Cl)c(S(=O)(=O)CCN3C(=O)c4ccccc4C3=O)c2o1. The van der Waals surface area contributed by atoms with E-state index in [1.165, 1.54) is 6.07 Å². The molecule has 2 amide bonds. The van der Waals surface area contributed by atoms with Crippen LogP contribution in [0.5, 0.6) is 0 Å². The highest BCUT2D eigenvalue weighted by atomic mass is 35.5. The average molecular weight is 447 g/mol. The second-order valence-corrected chi connectivity index (χ2v) is 10.6. The van der Waals surface area contributed by atoms with Gasteiger partial charge in [-0.25, -0.2) is 13.4 Å². The largest absolute Gasteiger partial charge is 0.439 e. The first kappa shape index (κ1) is 20.6. The molecule has 0 atom stereocenters. The maximum Gasteiger partial charge on any atom is 0.261 e. The number of nitrogens with zero attached hydrogens (tertiary/aromatic N) is 2. The van der Waals surface area contributed by atoms with Crippen molar-refractivity contribution in [3.63, 3.8) is 0 Å². The van der Waals surface area contributed by atoms with Crippen LogP contribution in [0.4, 0.5) is 0 Å². The van der Waals surface area contributed by atoms with Crippen LogP contribution in [-0.4, -0.2) is 42.4 Å². The van der Waals surface area contributed by atoms with Gasteiger partial charge >= 0.3 is 0 Å². The Morgan fingerprint density at radius 1 is 1.03 bits per heavy atom. The number of fused-ring (bicyclic) bond motifs is 2. The number of halogens is 1. The van der Waals surface area contributed by atoms with Gasteiger partial charge in [0.25, 0.3) is 11.8 Å². The van der Waals surface area contributed by atoms with Crippen LogP contribution in [0.3, 0.4) is 0 Å². The van der Waals surface area contributed by atoms with Crippen LogP contribution < -0.4 is 0 Å². The highest BCUT2D eigenvalue weighted by Gasteiger charge is 2.36. The summed E-state index contributed by atoms with van der Waals surface area (Å²) in [6.45, 7) is 5.41. The van der Waals surface area contributed by atoms with E-state index in [0.29, 0.717) is 11.4 Å². The van der Waals surface area contributed by atoms with Gasteiger partial charge in [-0.15, -0.1) is 0 Å². The molecule has 4 rings (SSSR count). The summed E-state index contributed by atoms with van der Waals surface area (Å²) in [6.07, 6.45) is 0. The molecule has 0 aliphatic carbocycles. The minimum Gasteiger partial charge on any atom is -0.439 e. The third-order valence-corrected chi connectivity index (χ3v) is 7.05. The van der Waals surface area contributed by atoms with Crippen molar-refractivity contribution in [2.24, 2.45) is 0 Å². The Morgan fingerprint density at radius 2 is 1.63 bits per heavy atom. The van der Waals surface area contributed by atoms with Gasteiger partial charge in [0.2, 0.25) is 5.89 Å². The van der Waals surface area contributed by atoms with Gasteiger partial charge in [-0.2, -0.15) is 0 Å². The van der Waals surface area contributed by atoms with E-state index in [0.717, 1.165) is 4.90 Å². The molecule has 1 aliphatic heterocycles. The number of oxazole rings is 1. The molecule has 3 aromatic rings. The number of benzene rings is 2. The van der Waals surface area contributed by atoms with Crippen LogP contribution in [0, 0.1) is 0 Å². The lowest BCUT2D eigenvalue weighted by molar-refractivity contribution is 0.0664. The van der Waals surface area contributed by atoms with Crippen LogP contribution in [0.25, 0.3) is 11.1 Å². The fraction of sp³-hybridized carbons (Fsp3) is 0.286. The Balaban J connectivity index is 1.67. The maximum absolute atomic E-state index is 13.1. The fourth-order valence-corrected chi connectivity index (χ4v) is 5.23. The minimum absolute atomic E-state index is 0.00136. The lowest BCUT2D eigenvalue weighted by Gasteiger charge is -2.14. The molecular formula is C21H19ClN2O5S. The highest BCUT2D eigenvalue weighted by molar-refractivity contribution is 7.91. The van der Waals surface area contributed by atoms with Gasteiger partial charge in [0.15, 0.2) is 15.4 Å². The number of hydrogen-bond donors (Lipinski definition) is 0. The van der Waals surface area contributed by atoms with Gasteiger partial charge in [-0.3, -0.25) is 14.5 Å². The Bertz CT molecular complexity index is 1270. The van der Waals surface area contributed by atoms with E-state index in [2.05, 4.69) is 4.98 Å². The molecule has 0 bridgehead atoms. The highest BCUT2D eigenvalue weighted by Crippen LogP contribution is 2.34. The molecule has 9 heteroatoms. The molecule has 0 N–H and O–H groups in total. The summed E-state index contributed by atoms with van der Waals surface area (Å²) in [5.74, 6) is -1.12. The van der Waals surface area contributed by atoms with E-state index < -0.39 is 32.8 Å². The minimum atomic E-state index is -3.98. The van der Waals surface area contributed by atoms with Crippen molar-refractivity contribution in [1.82, 2.24) is 9.88 Å². The quantitative estimate of drug-likeness (QED) is 0.564. The number of sulfone groups is 1. The maximum atomic E-state index is 13.1. The second-order valence-electron chi connectivity index (χ2n) is 8.12. The molecule has 0 spiro atoms. The van der Waals surface area contributed by atoms with Crippen LogP contribution in [0.1, 0.15) is 47.4 Å². The summed E-state index contributed by atoms with van der Waals surface area (Å²) in [5, 5.41) is 0.00136. The zero-order valence-corrected chi connectivity index (χ0v) is 18.2. The summed E-state index contributed by atoms with van der Waals surface area (Å²) in [4.78, 5) is 30.2. The third kappa shape index (κ3) is 3.30. The zero-order chi connectivity index (χ0) is 21.8. The molecule has 1 aliphatic rings. The van der Waals surface area contributed by atoms with Crippen molar-refractivity contribution in [2.75, 3.05) is 12.3 Å². The van der Waals surface area contributed by atoms with Gasteiger partial charge < -0.3 is 4.42 Å². The van der Waals surface area contributed by atoms with E-state index in [9.17, 15) is 18.0 Å². The summed E-state index contributed by atoms with van der Waals surface area (Å²) in [7, 11) is -3.98. The molecule has 2 aromatic carbocycles. The number of carbonyl (C=O) groups excluding carboxylic acids is 2. The van der Waals surface area contributed by atoms with Crippen LogP contribution >= 0.6 is 11.6 Å². The van der Waals surface area contributed by atoms with Gasteiger partial charge in [0.05, 0.1) is 21.9 Å². The van der Waals surface area contributed by atoms with E-state index in [4.69, 9.17) is 16.0 Å². The van der Waals surface area contributed by atoms with Gasteiger partial charge in [-0.1, -0.05) is 44.5 Å². The average Bonchev–Trinajstić information content (AvgIpc) is 3.20. The standard InChI is InChI=1S/C21H19ClN2O5S/c1-21(2,3)20-23-15-9-8-14(22)17(16(15)29-20)30(27,28)11-10-24-18(25)12-6-4-5-7-13(12)19(24)26/h4-9H,10-11H2,1-3H3. The van der Waals surface area contributed by atoms with Gasteiger partial charge in [-0.05, 0) is 24.3 Å². The first-order valence-electron chi connectivity index (χ1n) is 9.28. The van der Waals surface area contributed by atoms with E-state index in [1.54, 1.807) is 30.3 Å². The first-order chi connectivity index (χ1) is 14.0. The Hall–Kier alpha value is -2.71.